The normalized spacial score (nSPS) is 26.8. The summed E-state index contributed by atoms with van der Waals surface area (Å²) in [4.78, 5) is 16.6. The molecule has 0 aliphatic carbocycles. The number of carbonyl (C=O) groups excluding carboxylic acids is 1. The first-order valence-electron chi connectivity index (χ1n) is 8.32. The van der Waals surface area contributed by atoms with E-state index in [9.17, 15) is 15.0 Å². The lowest BCUT2D eigenvalue weighted by Crippen LogP contribution is -2.45. The van der Waals surface area contributed by atoms with Crippen molar-refractivity contribution in [3.8, 4) is 0 Å². The van der Waals surface area contributed by atoms with Gasteiger partial charge >= 0.3 is 0 Å². The zero-order chi connectivity index (χ0) is 16.6. The van der Waals surface area contributed by atoms with Crippen LogP contribution in [0.5, 0.6) is 0 Å². The Kier molecular flexibility index (Phi) is 4.34. The van der Waals surface area contributed by atoms with Gasteiger partial charge in [0.05, 0.1) is 18.8 Å². The third-order valence-electron chi connectivity index (χ3n) is 4.89. The Labute approximate surface area is 137 Å². The lowest BCUT2D eigenvalue weighted by atomic mass is 9.86. The molecule has 126 valence electrons. The Bertz CT molecular complexity index is 587. The second kappa shape index (κ2) is 6.13. The van der Waals surface area contributed by atoms with Gasteiger partial charge in [0, 0.05) is 25.3 Å². The van der Waals surface area contributed by atoms with E-state index in [2.05, 4.69) is 17.0 Å². The number of aliphatic hydroxyl groups is 2. The predicted octanol–water partition coefficient (Wildman–Crippen LogP) is 1.03. The maximum Gasteiger partial charge on any atom is 0.242 e. The molecule has 5 heteroatoms. The summed E-state index contributed by atoms with van der Waals surface area (Å²) in [5, 5.41) is 20.1. The van der Waals surface area contributed by atoms with Gasteiger partial charge in [0.1, 0.15) is 0 Å². The van der Waals surface area contributed by atoms with Crippen molar-refractivity contribution < 1.29 is 15.0 Å². The molecule has 1 amide bonds. The Morgan fingerprint density at radius 1 is 1.26 bits per heavy atom. The van der Waals surface area contributed by atoms with E-state index in [1.54, 1.807) is 4.90 Å². The number of carbonyl (C=O) groups is 1. The fourth-order valence-corrected chi connectivity index (χ4v) is 3.72. The zero-order valence-corrected chi connectivity index (χ0v) is 13.9. The van der Waals surface area contributed by atoms with Crippen molar-refractivity contribution in [1.82, 2.24) is 4.90 Å². The molecule has 1 aromatic carbocycles. The largest absolute Gasteiger partial charge is 0.390 e. The number of aliphatic hydroxyl groups excluding tert-OH is 2. The van der Waals surface area contributed by atoms with E-state index in [0.29, 0.717) is 19.5 Å². The summed E-state index contributed by atoms with van der Waals surface area (Å²) in [5.74, 6) is 0.0166. The molecular weight excluding hydrogens is 292 g/mol. The number of anilines is 1. The highest BCUT2D eigenvalue weighted by atomic mass is 16.3. The summed E-state index contributed by atoms with van der Waals surface area (Å²) in [6.45, 7) is 6.01. The topological polar surface area (TPSA) is 64.0 Å². The van der Waals surface area contributed by atoms with Crippen molar-refractivity contribution in [3.05, 3.63) is 29.8 Å². The number of hydrogen-bond donors (Lipinski definition) is 2. The van der Waals surface area contributed by atoms with Crippen LogP contribution < -0.4 is 4.90 Å². The number of amides is 1. The van der Waals surface area contributed by atoms with Crippen molar-refractivity contribution in [2.75, 3.05) is 31.1 Å². The van der Waals surface area contributed by atoms with Gasteiger partial charge in [0.2, 0.25) is 5.91 Å². The third-order valence-corrected chi connectivity index (χ3v) is 4.89. The molecule has 1 saturated heterocycles. The van der Waals surface area contributed by atoms with Crippen LogP contribution in [0, 0.1) is 5.41 Å². The molecule has 0 aromatic heterocycles. The summed E-state index contributed by atoms with van der Waals surface area (Å²) >= 11 is 0. The minimum atomic E-state index is -0.869. The molecule has 0 saturated carbocycles. The molecule has 3 rings (SSSR count). The quantitative estimate of drug-likeness (QED) is 0.855. The van der Waals surface area contributed by atoms with Crippen LogP contribution in [0.1, 0.15) is 25.8 Å². The molecule has 1 fully saturated rings. The Hall–Kier alpha value is -1.59. The minimum absolute atomic E-state index is 0.0166. The number of rotatable bonds is 2. The lowest BCUT2D eigenvalue weighted by molar-refractivity contribution is -0.132. The molecule has 2 atom stereocenters. The van der Waals surface area contributed by atoms with E-state index >= 15 is 0 Å². The average Bonchev–Trinajstić information content (AvgIpc) is 2.84. The highest BCUT2D eigenvalue weighted by Gasteiger charge is 2.36. The van der Waals surface area contributed by atoms with E-state index in [-0.39, 0.29) is 17.9 Å². The average molecular weight is 318 g/mol. The second-order valence-electron chi connectivity index (χ2n) is 7.58. The van der Waals surface area contributed by atoms with Gasteiger partial charge in [-0.05, 0) is 29.9 Å². The molecular formula is C18H26N2O3. The van der Waals surface area contributed by atoms with Crippen molar-refractivity contribution >= 4 is 11.6 Å². The Balaban J connectivity index is 1.71. The Morgan fingerprint density at radius 2 is 2.00 bits per heavy atom. The molecule has 2 aliphatic heterocycles. The van der Waals surface area contributed by atoms with Gasteiger partial charge in [-0.3, -0.25) is 4.79 Å². The van der Waals surface area contributed by atoms with E-state index < -0.39 is 12.2 Å². The molecule has 0 radical (unpaired) electrons. The molecule has 0 unspecified atom stereocenters. The van der Waals surface area contributed by atoms with Gasteiger partial charge in [-0.25, -0.2) is 0 Å². The van der Waals surface area contributed by atoms with Crippen LogP contribution in [0.15, 0.2) is 24.3 Å². The van der Waals surface area contributed by atoms with Crippen molar-refractivity contribution in [2.24, 2.45) is 5.41 Å². The van der Waals surface area contributed by atoms with Crippen LogP contribution in [0.25, 0.3) is 0 Å². The number of nitrogens with zero attached hydrogens (tertiary/aromatic N) is 2. The van der Waals surface area contributed by atoms with Crippen molar-refractivity contribution in [1.29, 1.82) is 0 Å². The Morgan fingerprint density at radius 3 is 2.78 bits per heavy atom. The first kappa shape index (κ1) is 16.3. The number of β-amino-alcohol motifs (C(OH)–C–C–N with tert-alkyl or cyclic N) is 1. The SMILES string of the molecule is CC1(C)C[C@@H](O)[C@@H](O)CN(C(=O)CN2CCc3ccccc32)C1. The molecule has 2 heterocycles. The molecule has 2 N–H and O–H groups in total. The first-order chi connectivity index (χ1) is 10.9. The van der Waals surface area contributed by atoms with Crippen LogP contribution >= 0.6 is 0 Å². The number of fused-ring (bicyclic) bond motifs is 1. The summed E-state index contributed by atoms with van der Waals surface area (Å²) in [6.07, 6.45) is -0.164. The van der Waals surface area contributed by atoms with Crippen LogP contribution in [0.3, 0.4) is 0 Å². The van der Waals surface area contributed by atoms with E-state index in [4.69, 9.17) is 0 Å². The molecule has 0 bridgehead atoms. The predicted molar refractivity (Wildman–Crippen MR) is 89.4 cm³/mol. The summed E-state index contributed by atoms with van der Waals surface area (Å²) in [5.41, 5.74) is 2.22. The monoisotopic (exact) mass is 318 g/mol. The first-order valence-corrected chi connectivity index (χ1v) is 8.32. The van der Waals surface area contributed by atoms with Crippen molar-refractivity contribution in [2.45, 2.75) is 38.9 Å². The fourth-order valence-electron chi connectivity index (χ4n) is 3.72. The van der Waals surface area contributed by atoms with Gasteiger partial charge in [0.25, 0.3) is 0 Å². The third kappa shape index (κ3) is 3.51. The highest BCUT2D eigenvalue weighted by molar-refractivity contribution is 5.82. The van der Waals surface area contributed by atoms with Crippen LogP contribution in [0.4, 0.5) is 5.69 Å². The number of para-hydroxylation sites is 1. The highest BCUT2D eigenvalue weighted by Crippen LogP contribution is 2.30. The maximum absolute atomic E-state index is 12.7. The smallest absolute Gasteiger partial charge is 0.242 e. The number of benzene rings is 1. The van der Waals surface area contributed by atoms with Crippen LogP contribution in [-0.4, -0.2) is 59.4 Å². The van der Waals surface area contributed by atoms with Gasteiger partial charge in [-0.15, -0.1) is 0 Å². The van der Waals surface area contributed by atoms with Crippen LogP contribution in [-0.2, 0) is 11.2 Å². The minimum Gasteiger partial charge on any atom is -0.390 e. The molecule has 0 spiro atoms. The molecule has 23 heavy (non-hydrogen) atoms. The van der Waals surface area contributed by atoms with Gasteiger partial charge in [-0.2, -0.15) is 0 Å². The summed E-state index contributed by atoms with van der Waals surface area (Å²) in [6, 6.07) is 8.19. The second-order valence-corrected chi connectivity index (χ2v) is 7.58. The zero-order valence-electron chi connectivity index (χ0n) is 13.9. The lowest BCUT2D eigenvalue weighted by Gasteiger charge is -2.31. The standard InChI is InChI=1S/C18H26N2O3/c1-18(2)9-15(21)16(22)10-20(12-18)17(23)11-19-8-7-13-5-3-4-6-14(13)19/h3-6,15-16,21-22H,7-12H2,1-2H3/t15-,16+/m1/s1. The van der Waals surface area contributed by atoms with Crippen LogP contribution in [0.2, 0.25) is 0 Å². The summed E-state index contributed by atoms with van der Waals surface area (Å²) < 4.78 is 0. The number of likely N-dealkylation sites (tertiary alicyclic amines) is 1. The van der Waals surface area contributed by atoms with E-state index in [1.165, 1.54) is 5.56 Å². The van der Waals surface area contributed by atoms with Gasteiger partial charge in [-0.1, -0.05) is 32.0 Å². The molecule has 2 aliphatic rings. The van der Waals surface area contributed by atoms with E-state index in [1.807, 2.05) is 26.0 Å². The maximum atomic E-state index is 12.7. The van der Waals surface area contributed by atoms with Gasteiger partial charge < -0.3 is 20.0 Å². The summed E-state index contributed by atoms with van der Waals surface area (Å²) in [7, 11) is 0. The van der Waals surface area contributed by atoms with Gasteiger partial charge in [0.15, 0.2) is 0 Å². The fraction of sp³-hybridized carbons (Fsp3) is 0.611. The molecule has 5 nitrogen and oxygen atoms in total. The van der Waals surface area contributed by atoms with Crippen molar-refractivity contribution in [3.63, 3.8) is 0 Å². The molecule has 1 aromatic rings. The van der Waals surface area contributed by atoms with E-state index in [0.717, 1.165) is 18.7 Å². The number of hydrogen-bond acceptors (Lipinski definition) is 4.